The average molecular weight is 193 g/mol. The zero-order valence-electron chi connectivity index (χ0n) is 6.32. The van der Waals surface area contributed by atoms with Crippen molar-refractivity contribution < 1.29 is 12.9 Å². The molecule has 0 bridgehead atoms. The van der Waals surface area contributed by atoms with Gasteiger partial charge in [-0.3, -0.25) is 0 Å². The third kappa shape index (κ3) is 1.94. The number of hydrogen-bond acceptors (Lipinski definition) is 0. The summed E-state index contributed by atoms with van der Waals surface area (Å²) in [6.45, 7) is -3.28. The summed E-state index contributed by atoms with van der Waals surface area (Å²) in [5.41, 5.74) is 0.00562. The van der Waals surface area contributed by atoms with Crippen LogP contribution in [0.4, 0.5) is 12.9 Å². The Bertz CT molecular complexity index is 295. The van der Waals surface area contributed by atoms with Crippen molar-refractivity contribution in [1.82, 2.24) is 0 Å². The smallest absolute Gasteiger partial charge is 0.445 e. The zero-order chi connectivity index (χ0) is 9.35. The van der Waals surface area contributed by atoms with Crippen molar-refractivity contribution >= 4 is 24.0 Å². The Morgan fingerprint density at radius 1 is 1.25 bits per heavy atom. The summed E-state index contributed by atoms with van der Waals surface area (Å²) < 4.78 is 36.5. The summed E-state index contributed by atoms with van der Waals surface area (Å²) in [5, 5.41) is -0.220. The van der Waals surface area contributed by atoms with Crippen molar-refractivity contribution in [3.8, 4) is 0 Å². The van der Waals surface area contributed by atoms with E-state index in [-0.39, 0.29) is 5.02 Å². The molecule has 1 rings (SSSR count). The van der Waals surface area contributed by atoms with Crippen LogP contribution in [-0.4, -0.2) is 6.98 Å². The molecule has 0 spiro atoms. The molecular weight excluding hydrogens is 187 g/mol. The van der Waals surface area contributed by atoms with Gasteiger partial charge in [0.25, 0.3) is 0 Å². The van der Waals surface area contributed by atoms with E-state index in [9.17, 15) is 12.9 Å². The van der Waals surface area contributed by atoms with Gasteiger partial charge in [-0.1, -0.05) is 29.2 Å². The molecule has 0 aliphatic carbocycles. The van der Waals surface area contributed by atoms with Gasteiger partial charge in [-0.2, -0.15) is 0 Å². The second kappa shape index (κ2) is 3.01. The summed E-state index contributed by atoms with van der Waals surface area (Å²) in [7, 11) is 0. The highest BCUT2D eigenvalue weighted by atomic mass is 35.5. The first-order chi connectivity index (χ1) is 5.41. The lowest BCUT2D eigenvalue weighted by atomic mass is 9.80. The first-order valence-electron chi connectivity index (χ1n) is 3.37. The largest absolute Gasteiger partial charge is 0.511 e. The maximum atomic E-state index is 12.2. The molecule has 0 N–H and O–H groups in total. The summed E-state index contributed by atoms with van der Waals surface area (Å²) in [4.78, 5) is 0. The normalized spacial score (nSPS) is 11.8. The molecular formula is C7H6BClF3-. The van der Waals surface area contributed by atoms with E-state index < -0.39 is 12.4 Å². The van der Waals surface area contributed by atoms with Gasteiger partial charge in [0, 0.05) is 5.02 Å². The maximum Gasteiger partial charge on any atom is 0.511 e. The molecule has 0 heterocycles. The van der Waals surface area contributed by atoms with Crippen LogP contribution < -0.4 is 5.46 Å². The molecule has 0 aliphatic rings. The Labute approximate surface area is 73.4 Å². The van der Waals surface area contributed by atoms with Gasteiger partial charge in [-0.25, -0.2) is 0 Å². The number of halogens is 4. The van der Waals surface area contributed by atoms with Crippen molar-refractivity contribution in [3.63, 3.8) is 0 Å². The van der Waals surface area contributed by atoms with E-state index >= 15 is 0 Å². The highest BCUT2D eigenvalue weighted by molar-refractivity contribution is 6.75. The lowest BCUT2D eigenvalue weighted by Crippen LogP contribution is -2.34. The van der Waals surface area contributed by atoms with Gasteiger partial charge in [0.05, 0.1) is 0 Å². The quantitative estimate of drug-likeness (QED) is 0.602. The lowest BCUT2D eigenvalue weighted by Gasteiger charge is -2.16. The van der Waals surface area contributed by atoms with Gasteiger partial charge in [-0.15, -0.1) is 0 Å². The Balaban J connectivity index is 3.19. The Morgan fingerprint density at radius 2 is 1.83 bits per heavy atom. The fraction of sp³-hybridized carbons (Fsp3) is 0.143. The molecule has 0 fully saturated rings. The fourth-order valence-electron chi connectivity index (χ4n) is 0.898. The lowest BCUT2D eigenvalue weighted by molar-refractivity contribution is 0.501. The van der Waals surface area contributed by atoms with Gasteiger partial charge in [0.2, 0.25) is 0 Å². The molecule has 0 saturated carbocycles. The summed E-state index contributed by atoms with van der Waals surface area (Å²) in [6.07, 6.45) is 0. The minimum absolute atomic E-state index is 0.220. The second-order valence-corrected chi connectivity index (χ2v) is 3.01. The highest BCUT2D eigenvalue weighted by Gasteiger charge is 2.27. The van der Waals surface area contributed by atoms with E-state index in [1.165, 1.54) is 12.1 Å². The molecule has 0 amide bonds. The molecule has 0 radical (unpaired) electrons. The molecule has 0 atom stereocenters. The number of benzene rings is 1. The predicted octanol–water partition coefficient (Wildman–Crippen LogP) is 2.70. The van der Waals surface area contributed by atoms with Gasteiger partial charge in [-0.05, 0) is 18.6 Å². The molecule has 0 aromatic heterocycles. The van der Waals surface area contributed by atoms with Crippen molar-refractivity contribution in [2.75, 3.05) is 0 Å². The maximum absolute atomic E-state index is 12.2. The SMILES string of the molecule is Cc1ccc([B-](F)(F)F)c(Cl)c1. The third-order valence-electron chi connectivity index (χ3n) is 1.51. The van der Waals surface area contributed by atoms with Gasteiger partial charge >= 0.3 is 6.98 Å². The molecule has 66 valence electrons. The number of aryl methyl sites for hydroxylation is 1. The summed E-state index contributed by atoms with van der Waals surface area (Å²) in [6, 6.07) is 3.72. The fourth-order valence-corrected chi connectivity index (χ4v) is 1.26. The zero-order valence-corrected chi connectivity index (χ0v) is 7.08. The Morgan fingerprint density at radius 3 is 2.25 bits per heavy atom. The molecule has 0 nitrogen and oxygen atoms in total. The second-order valence-electron chi connectivity index (χ2n) is 2.60. The van der Waals surface area contributed by atoms with Crippen LogP contribution in [0.1, 0.15) is 5.56 Å². The first-order valence-corrected chi connectivity index (χ1v) is 3.75. The molecule has 1 aromatic carbocycles. The van der Waals surface area contributed by atoms with E-state index in [4.69, 9.17) is 11.6 Å². The van der Waals surface area contributed by atoms with E-state index in [2.05, 4.69) is 0 Å². The summed E-state index contributed by atoms with van der Waals surface area (Å²) in [5.74, 6) is 0. The number of rotatable bonds is 1. The first kappa shape index (κ1) is 9.45. The molecule has 0 saturated heterocycles. The minimum atomic E-state index is -4.98. The highest BCUT2D eigenvalue weighted by Crippen LogP contribution is 2.16. The van der Waals surface area contributed by atoms with Crippen molar-refractivity contribution in [2.24, 2.45) is 0 Å². The van der Waals surface area contributed by atoms with Gasteiger partial charge < -0.3 is 12.9 Å². The van der Waals surface area contributed by atoms with E-state index in [0.29, 0.717) is 0 Å². The van der Waals surface area contributed by atoms with Gasteiger partial charge in [0.1, 0.15) is 0 Å². The Hall–Kier alpha value is -0.635. The van der Waals surface area contributed by atoms with Crippen molar-refractivity contribution in [3.05, 3.63) is 28.8 Å². The monoisotopic (exact) mass is 193 g/mol. The van der Waals surface area contributed by atoms with Crippen LogP contribution in [0.3, 0.4) is 0 Å². The predicted molar refractivity (Wildman–Crippen MR) is 44.9 cm³/mol. The van der Waals surface area contributed by atoms with Crippen LogP contribution in [0.25, 0.3) is 0 Å². The van der Waals surface area contributed by atoms with E-state index in [1.807, 2.05) is 0 Å². The van der Waals surface area contributed by atoms with Gasteiger partial charge in [0.15, 0.2) is 0 Å². The molecule has 1 aromatic rings. The van der Waals surface area contributed by atoms with Crippen LogP contribution in [0.15, 0.2) is 18.2 Å². The minimum Gasteiger partial charge on any atom is -0.445 e. The van der Waals surface area contributed by atoms with Crippen LogP contribution >= 0.6 is 11.6 Å². The molecule has 0 unspecified atom stereocenters. The van der Waals surface area contributed by atoms with Crippen LogP contribution in [-0.2, 0) is 0 Å². The van der Waals surface area contributed by atoms with E-state index in [0.717, 1.165) is 11.6 Å². The third-order valence-corrected chi connectivity index (χ3v) is 1.84. The van der Waals surface area contributed by atoms with Crippen LogP contribution in [0.2, 0.25) is 5.02 Å². The summed E-state index contributed by atoms with van der Waals surface area (Å²) >= 11 is 5.41. The standard InChI is InChI=1S/C7H6BClF3/c1-5-2-3-6(7(9)4-5)8(10,11)12/h2-4H,1H3/q-1. The van der Waals surface area contributed by atoms with Crippen LogP contribution in [0.5, 0.6) is 0 Å². The molecule has 5 heteroatoms. The topological polar surface area (TPSA) is 0 Å². The number of hydrogen-bond donors (Lipinski definition) is 0. The average Bonchev–Trinajstić information content (AvgIpc) is 1.83. The van der Waals surface area contributed by atoms with E-state index in [1.54, 1.807) is 6.92 Å². The Kier molecular flexibility index (Phi) is 2.37. The molecule has 0 aliphatic heterocycles. The van der Waals surface area contributed by atoms with Crippen molar-refractivity contribution in [1.29, 1.82) is 0 Å². The van der Waals surface area contributed by atoms with Crippen molar-refractivity contribution in [2.45, 2.75) is 6.92 Å². The van der Waals surface area contributed by atoms with Crippen LogP contribution in [0, 0.1) is 6.92 Å². The molecule has 12 heavy (non-hydrogen) atoms.